The number of aryl methyl sites for hydroxylation is 1. The van der Waals surface area contributed by atoms with Gasteiger partial charge in [0.05, 0.1) is 17.6 Å². The molecule has 0 fully saturated rings. The van der Waals surface area contributed by atoms with Crippen LogP contribution in [0.4, 0.5) is 0 Å². The van der Waals surface area contributed by atoms with Crippen LogP contribution in [0.25, 0.3) is 11.0 Å². The number of fused-ring (bicyclic) bond motifs is 1. The van der Waals surface area contributed by atoms with Crippen molar-refractivity contribution in [2.45, 2.75) is 39.7 Å². The van der Waals surface area contributed by atoms with Crippen LogP contribution in [0.1, 0.15) is 32.5 Å². The fourth-order valence-corrected chi connectivity index (χ4v) is 2.15. The van der Waals surface area contributed by atoms with E-state index in [0.717, 1.165) is 43.9 Å². The Kier molecular flexibility index (Phi) is 4.76. The molecule has 1 aromatic carbocycles. The number of nitrogens with zero attached hydrogens (tertiary/aromatic N) is 2. The van der Waals surface area contributed by atoms with E-state index in [1.54, 1.807) is 0 Å². The van der Waals surface area contributed by atoms with Gasteiger partial charge in [-0.3, -0.25) is 0 Å². The van der Waals surface area contributed by atoms with E-state index in [1.165, 1.54) is 11.9 Å². The lowest BCUT2D eigenvalue weighted by Gasteiger charge is -2.08. The first-order valence-corrected chi connectivity index (χ1v) is 6.88. The van der Waals surface area contributed by atoms with Crippen LogP contribution in [0.3, 0.4) is 0 Å². The zero-order chi connectivity index (χ0) is 12.8. The van der Waals surface area contributed by atoms with E-state index in [2.05, 4.69) is 41.6 Å². The number of imidazole rings is 1. The van der Waals surface area contributed by atoms with Gasteiger partial charge in [0.1, 0.15) is 5.82 Å². The first-order chi connectivity index (χ1) is 8.86. The molecule has 0 saturated heterocycles. The molecule has 0 unspecified atom stereocenters. The monoisotopic (exact) mass is 246 g/mol. The number of hydrogen-bond donors (Lipinski definition) is 0. The van der Waals surface area contributed by atoms with Gasteiger partial charge in [0.2, 0.25) is 0 Å². The fourth-order valence-electron chi connectivity index (χ4n) is 2.15. The number of unbranched alkanes of at least 4 members (excludes halogenated alkanes) is 1. The van der Waals surface area contributed by atoms with E-state index in [4.69, 9.17) is 4.74 Å². The Hall–Kier alpha value is -1.35. The molecule has 18 heavy (non-hydrogen) atoms. The molecule has 98 valence electrons. The number of benzene rings is 1. The Bertz CT molecular complexity index is 490. The van der Waals surface area contributed by atoms with Crippen molar-refractivity contribution < 1.29 is 4.74 Å². The highest BCUT2D eigenvalue weighted by Gasteiger charge is 2.07. The lowest BCUT2D eigenvalue weighted by molar-refractivity contribution is 0.123. The van der Waals surface area contributed by atoms with Crippen LogP contribution in [-0.4, -0.2) is 22.8 Å². The van der Waals surface area contributed by atoms with Gasteiger partial charge in [-0.05, 0) is 18.6 Å². The molecule has 1 heterocycles. The van der Waals surface area contributed by atoms with E-state index < -0.39 is 0 Å². The third-order valence-corrected chi connectivity index (χ3v) is 3.15. The minimum absolute atomic E-state index is 0.771. The Morgan fingerprint density at radius 1 is 1.17 bits per heavy atom. The summed E-state index contributed by atoms with van der Waals surface area (Å²) in [7, 11) is 0. The molecule has 0 aliphatic heterocycles. The van der Waals surface area contributed by atoms with Crippen molar-refractivity contribution >= 4 is 11.0 Å². The average molecular weight is 246 g/mol. The van der Waals surface area contributed by atoms with Crippen molar-refractivity contribution in [3.8, 4) is 0 Å². The van der Waals surface area contributed by atoms with Gasteiger partial charge in [-0.15, -0.1) is 0 Å². The van der Waals surface area contributed by atoms with Crippen molar-refractivity contribution in [1.29, 1.82) is 0 Å². The molecule has 3 nitrogen and oxygen atoms in total. The highest BCUT2D eigenvalue weighted by Crippen LogP contribution is 2.16. The summed E-state index contributed by atoms with van der Waals surface area (Å²) < 4.78 is 7.93. The fraction of sp³-hybridized carbons (Fsp3) is 0.533. The molecule has 2 aromatic rings. The lowest BCUT2D eigenvalue weighted by atomic mass is 10.3. The molecule has 0 aliphatic carbocycles. The third kappa shape index (κ3) is 2.91. The quantitative estimate of drug-likeness (QED) is 0.700. The summed E-state index contributed by atoms with van der Waals surface area (Å²) in [5.74, 6) is 1.15. The molecule has 2 rings (SSSR count). The van der Waals surface area contributed by atoms with E-state index in [0.29, 0.717) is 0 Å². The van der Waals surface area contributed by atoms with Crippen LogP contribution in [0, 0.1) is 0 Å². The first-order valence-electron chi connectivity index (χ1n) is 6.88. The molecule has 0 radical (unpaired) electrons. The maximum absolute atomic E-state index is 5.65. The summed E-state index contributed by atoms with van der Waals surface area (Å²) in [6.07, 6.45) is 3.29. The summed E-state index contributed by atoms with van der Waals surface area (Å²) in [5.41, 5.74) is 2.30. The molecule has 0 aliphatic rings. The highest BCUT2D eigenvalue weighted by atomic mass is 16.5. The molecular formula is C15H22N2O. The maximum atomic E-state index is 5.65. The van der Waals surface area contributed by atoms with Gasteiger partial charge in [0.25, 0.3) is 0 Å². The van der Waals surface area contributed by atoms with Crippen molar-refractivity contribution in [3.63, 3.8) is 0 Å². The number of aromatic nitrogens is 2. The zero-order valence-electron chi connectivity index (χ0n) is 11.4. The van der Waals surface area contributed by atoms with Gasteiger partial charge >= 0.3 is 0 Å². The maximum Gasteiger partial charge on any atom is 0.109 e. The second-order valence-corrected chi connectivity index (χ2v) is 4.49. The number of para-hydroxylation sites is 2. The van der Waals surface area contributed by atoms with Crippen LogP contribution in [-0.2, 0) is 17.7 Å². The molecular weight excluding hydrogens is 224 g/mol. The third-order valence-electron chi connectivity index (χ3n) is 3.15. The second kappa shape index (κ2) is 6.55. The van der Waals surface area contributed by atoms with Crippen LogP contribution >= 0.6 is 0 Å². The lowest BCUT2D eigenvalue weighted by Crippen LogP contribution is -2.09. The van der Waals surface area contributed by atoms with Crippen LogP contribution in [0.15, 0.2) is 24.3 Å². The van der Waals surface area contributed by atoms with E-state index in [-0.39, 0.29) is 0 Å². The Morgan fingerprint density at radius 2 is 2.00 bits per heavy atom. The molecule has 0 amide bonds. The normalized spacial score (nSPS) is 11.2. The second-order valence-electron chi connectivity index (χ2n) is 4.49. The van der Waals surface area contributed by atoms with Gasteiger partial charge in [-0.25, -0.2) is 4.98 Å². The van der Waals surface area contributed by atoms with Crippen LogP contribution in [0.2, 0.25) is 0 Å². The Balaban J connectivity index is 2.06. The van der Waals surface area contributed by atoms with Crippen molar-refractivity contribution in [2.24, 2.45) is 0 Å². The summed E-state index contributed by atoms with van der Waals surface area (Å²) in [6.45, 7) is 6.86. The Labute approximate surface area is 109 Å². The molecule has 1 aromatic heterocycles. The van der Waals surface area contributed by atoms with Crippen molar-refractivity contribution in [2.75, 3.05) is 13.2 Å². The molecule has 3 heteroatoms. The standard InChI is InChI=1S/C15H22N2O/c1-3-5-11-18-12-10-17-14-9-7-6-8-13(14)16-15(17)4-2/h6-9H,3-5,10-12H2,1-2H3. The summed E-state index contributed by atoms with van der Waals surface area (Å²) in [6, 6.07) is 8.31. The SMILES string of the molecule is CCCCOCCn1c(CC)nc2ccccc21. The van der Waals surface area contributed by atoms with Gasteiger partial charge in [-0.2, -0.15) is 0 Å². The molecule has 0 N–H and O–H groups in total. The predicted molar refractivity (Wildman–Crippen MR) is 74.8 cm³/mol. The molecule has 0 atom stereocenters. The van der Waals surface area contributed by atoms with Gasteiger partial charge < -0.3 is 9.30 Å². The van der Waals surface area contributed by atoms with Gasteiger partial charge in [0.15, 0.2) is 0 Å². The summed E-state index contributed by atoms with van der Waals surface area (Å²) >= 11 is 0. The highest BCUT2D eigenvalue weighted by molar-refractivity contribution is 5.75. The van der Waals surface area contributed by atoms with Gasteiger partial charge in [0, 0.05) is 19.6 Å². The predicted octanol–water partition coefficient (Wildman–Crippen LogP) is 3.42. The topological polar surface area (TPSA) is 27.1 Å². The summed E-state index contributed by atoms with van der Waals surface area (Å²) in [4.78, 5) is 4.65. The summed E-state index contributed by atoms with van der Waals surface area (Å²) in [5, 5.41) is 0. The van der Waals surface area contributed by atoms with Crippen LogP contribution in [0.5, 0.6) is 0 Å². The number of rotatable bonds is 7. The zero-order valence-corrected chi connectivity index (χ0v) is 11.4. The Morgan fingerprint density at radius 3 is 2.78 bits per heavy atom. The van der Waals surface area contributed by atoms with Crippen molar-refractivity contribution in [3.05, 3.63) is 30.1 Å². The van der Waals surface area contributed by atoms with Crippen LogP contribution < -0.4 is 0 Å². The first kappa shape index (κ1) is 13.1. The average Bonchev–Trinajstić information content (AvgIpc) is 2.77. The minimum Gasteiger partial charge on any atom is -0.380 e. The molecule has 0 bridgehead atoms. The van der Waals surface area contributed by atoms with Crippen molar-refractivity contribution in [1.82, 2.24) is 9.55 Å². The van der Waals surface area contributed by atoms with Gasteiger partial charge in [-0.1, -0.05) is 32.4 Å². The minimum atomic E-state index is 0.771. The van der Waals surface area contributed by atoms with E-state index >= 15 is 0 Å². The molecule has 0 spiro atoms. The number of ether oxygens (including phenoxy) is 1. The molecule has 0 saturated carbocycles. The number of hydrogen-bond acceptors (Lipinski definition) is 2. The van der Waals surface area contributed by atoms with E-state index in [9.17, 15) is 0 Å². The largest absolute Gasteiger partial charge is 0.380 e. The smallest absolute Gasteiger partial charge is 0.109 e. The van der Waals surface area contributed by atoms with E-state index in [1.807, 2.05) is 6.07 Å².